The van der Waals surface area contributed by atoms with E-state index in [9.17, 15) is 0 Å². The molecule has 2 atom stereocenters. The summed E-state index contributed by atoms with van der Waals surface area (Å²) in [6, 6.07) is 2.01. The molecule has 2 fully saturated rings. The van der Waals surface area contributed by atoms with Crippen LogP contribution in [0.15, 0.2) is 17.4 Å². The van der Waals surface area contributed by atoms with Crippen molar-refractivity contribution in [2.24, 2.45) is 10.9 Å². The number of aliphatic imine (C=N–C) groups is 1. The number of nitrogens with one attached hydrogen (secondary N) is 2. The first-order valence-electron chi connectivity index (χ1n) is 9.87. The van der Waals surface area contributed by atoms with Crippen LogP contribution in [0, 0.1) is 5.92 Å². The number of rotatable bonds is 7. The van der Waals surface area contributed by atoms with Crippen LogP contribution in [0.5, 0.6) is 0 Å². The van der Waals surface area contributed by atoms with Gasteiger partial charge in [0.05, 0.1) is 0 Å². The van der Waals surface area contributed by atoms with Gasteiger partial charge in [-0.25, -0.2) is 9.98 Å². The van der Waals surface area contributed by atoms with Gasteiger partial charge in [-0.15, -0.1) is 0 Å². The zero-order valence-electron chi connectivity index (χ0n) is 16.2. The van der Waals surface area contributed by atoms with Gasteiger partial charge in [0.15, 0.2) is 5.96 Å². The molecule has 2 unspecified atom stereocenters. The number of guanidine groups is 1. The Balaban J connectivity index is 1.59. The van der Waals surface area contributed by atoms with Gasteiger partial charge in [-0.2, -0.15) is 0 Å². The first kappa shape index (κ1) is 18.2. The van der Waals surface area contributed by atoms with E-state index in [1.807, 2.05) is 6.20 Å². The average molecular weight is 347 g/mol. The highest BCUT2D eigenvalue weighted by atomic mass is 15.3. The second-order valence-corrected chi connectivity index (χ2v) is 7.94. The van der Waals surface area contributed by atoms with Crippen LogP contribution in [0.2, 0.25) is 0 Å². The Kier molecular flexibility index (Phi) is 5.99. The van der Waals surface area contributed by atoms with Gasteiger partial charge >= 0.3 is 0 Å². The molecule has 0 radical (unpaired) electrons. The van der Waals surface area contributed by atoms with Crippen molar-refractivity contribution in [2.45, 2.75) is 78.2 Å². The van der Waals surface area contributed by atoms with Crippen LogP contribution in [0.25, 0.3) is 0 Å². The Bertz CT molecular complexity index is 574. The van der Waals surface area contributed by atoms with Crippen LogP contribution in [0.4, 0.5) is 0 Å². The molecule has 1 aromatic heterocycles. The smallest absolute Gasteiger partial charge is 0.191 e. The molecule has 0 spiro atoms. The highest BCUT2D eigenvalue weighted by Crippen LogP contribution is 2.33. The molecule has 3 rings (SSSR count). The monoisotopic (exact) mass is 346 g/mol. The molecule has 1 saturated heterocycles. The van der Waals surface area contributed by atoms with E-state index in [1.54, 1.807) is 0 Å². The van der Waals surface area contributed by atoms with E-state index < -0.39 is 0 Å². The summed E-state index contributed by atoms with van der Waals surface area (Å²) < 4.78 is 2.21. The topological polar surface area (TPSA) is 57.5 Å². The number of imidazole rings is 1. The minimum absolute atomic E-state index is 0.490. The summed E-state index contributed by atoms with van der Waals surface area (Å²) in [5.41, 5.74) is 0. The van der Waals surface area contributed by atoms with E-state index in [0.717, 1.165) is 37.5 Å². The van der Waals surface area contributed by atoms with Crippen molar-refractivity contribution in [1.82, 2.24) is 25.1 Å². The lowest BCUT2D eigenvalue weighted by Gasteiger charge is -2.20. The SMILES string of the molecule is CCNC(=NCc1nccn1CC(C)C)NC1CC(C)N(C2CC2)C1. The Morgan fingerprint density at radius 1 is 1.40 bits per heavy atom. The third-order valence-corrected chi connectivity index (χ3v) is 5.07. The normalized spacial score (nSPS) is 24.9. The molecule has 25 heavy (non-hydrogen) atoms. The third kappa shape index (κ3) is 4.97. The van der Waals surface area contributed by atoms with Gasteiger partial charge in [0.1, 0.15) is 12.4 Å². The van der Waals surface area contributed by atoms with Gasteiger partial charge < -0.3 is 15.2 Å². The van der Waals surface area contributed by atoms with Crippen LogP contribution < -0.4 is 10.6 Å². The molecule has 0 bridgehead atoms. The van der Waals surface area contributed by atoms with E-state index in [-0.39, 0.29) is 0 Å². The molecule has 2 heterocycles. The van der Waals surface area contributed by atoms with Crippen molar-refractivity contribution in [3.05, 3.63) is 18.2 Å². The van der Waals surface area contributed by atoms with E-state index in [0.29, 0.717) is 24.5 Å². The van der Waals surface area contributed by atoms with Gasteiger partial charge in [0, 0.05) is 50.2 Å². The molecular formula is C19H34N6. The second kappa shape index (κ2) is 8.21. The molecule has 6 nitrogen and oxygen atoms in total. The number of aromatic nitrogens is 2. The zero-order valence-corrected chi connectivity index (χ0v) is 16.2. The predicted molar refractivity (Wildman–Crippen MR) is 103 cm³/mol. The molecule has 0 aromatic carbocycles. The molecule has 1 saturated carbocycles. The highest BCUT2D eigenvalue weighted by Gasteiger charge is 2.38. The van der Waals surface area contributed by atoms with E-state index in [2.05, 4.69) is 59.0 Å². The van der Waals surface area contributed by atoms with Crippen LogP contribution in [0.1, 0.15) is 52.8 Å². The van der Waals surface area contributed by atoms with E-state index in [4.69, 9.17) is 4.99 Å². The average Bonchev–Trinajstić information content (AvgIpc) is 3.20. The van der Waals surface area contributed by atoms with Crippen molar-refractivity contribution in [3.8, 4) is 0 Å². The fourth-order valence-corrected chi connectivity index (χ4v) is 3.79. The Hall–Kier alpha value is -1.56. The molecule has 6 heteroatoms. The van der Waals surface area contributed by atoms with Gasteiger partial charge in [-0.05, 0) is 39.0 Å². The molecule has 1 aliphatic carbocycles. The second-order valence-electron chi connectivity index (χ2n) is 7.94. The molecule has 2 aliphatic rings. The van der Waals surface area contributed by atoms with Crippen LogP contribution in [-0.4, -0.2) is 51.6 Å². The summed E-state index contributed by atoms with van der Waals surface area (Å²) in [5.74, 6) is 2.55. The van der Waals surface area contributed by atoms with Crippen molar-refractivity contribution < 1.29 is 0 Å². The summed E-state index contributed by atoms with van der Waals surface area (Å²) >= 11 is 0. The Morgan fingerprint density at radius 3 is 2.88 bits per heavy atom. The van der Waals surface area contributed by atoms with Crippen molar-refractivity contribution in [3.63, 3.8) is 0 Å². The van der Waals surface area contributed by atoms with E-state index in [1.165, 1.54) is 19.3 Å². The van der Waals surface area contributed by atoms with Crippen LogP contribution in [0.3, 0.4) is 0 Å². The van der Waals surface area contributed by atoms with Crippen molar-refractivity contribution in [2.75, 3.05) is 13.1 Å². The number of hydrogen-bond donors (Lipinski definition) is 2. The fourth-order valence-electron chi connectivity index (χ4n) is 3.79. The van der Waals surface area contributed by atoms with Gasteiger partial charge in [0.25, 0.3) is 0 Å². The molecule has 0 amide bonds. The summed E-state index contributed by atoms with van der Waals surface area (Å²) in [7, 11) is 0. The molecular weight excluding hydrogens is 312 g/mol. The molecule has 1 aromatic rings. The lowest BCUT2D eigenvalue weighted by atomic mass is 10.2. The van der Waals surface area contributed by atoms with Gasteiger partial charge in [0.2, 0.25) is 0 Å². The van der Waals surface area contributed by atoms with Gasteiger partial charge in [-0.3, -0.25) is 4.90 Å². The van der Waals surface area contributed by atoms with E-state index >= 15 is 0 Å². The number of nitrogens with zero attached hydrogens (tertiary/aromatic N) is 4. The first-order chi connectivity index (χ1) is 12.1. The Labute approximate surface area is 152 Å². The fraction of sp³-hybridized carbons (Fsp3) is 0.789. The quantitative estimate of drug-likeness (QED) is 0.587. The maximum absolute atomic E-state index is 4.79. The standard InChI is InChI=1S/C19H34N6/c1-5-20-19(22-11-18-21-8-9-24(18)12-14(2)3)23-16-10-15(4)25(13-16)17-6-7-17/h8-9,14-17H,5-7,10-13H2,1-4H3,(H2,20,22,23). The molecule has 1 aliphatic heterocycles. The summed E-state index contributed by atoms with van der Waals surface area (Å²) in [6.07, 6.45) is 7.88. The first-order valence-corrected chi connectivity index (χ1v) is 9.87. The predicted octanol–water partition coefficient (Wildman–Crippen LogP) is 2.22. The minimum atomic E-state index is 0.490. The van der Waals surface area contributed by atoms with Crippen LogP contribution in [-0.2, 0) is 13.1 Å². The van der Waals surface area contributed by atoms with Crippen LogP contribution >= 0.6 is 0 Å². The van der Waals surface area contributed by atoms with Crippen molar-refractivity contribution in [1.29, 1.82) is 0 Å². The van der Waals surface area contributed by atoms with Crippen molar-refractivity contribution >= 4 is 5.96 Å². The lowest BCUT2D eigenvalue weighted by Crippen LogP contribution is -2.44. The summed E-state index contributed by atoms with van der Waals surface area (Å²) in [6.45, 7) is 12.5. The maximum atomic E-state index is 4.79. The Morgan fingerprint density at radius 2 is 2.20 bits per heavy atom. The minimum Gasteiger partial charge on any atom is -0.357 e. The summed E-state index contributed by atoms with van der Waals surface area (Å²) in [5, 5.41) is 7.03. The molecule has 2 N–H and O–H groups in total. The highest BCUT2D eigenvalue weighted by molar-refractivity contribution is 5.80. The number of likely N-dealkylation sites (tertiary alicyclic amines) is 1. The lowest BCUT2D eigenvalue weighted by molar-refractivity contribution is 0.256. The number of hydrogen-bond acceptors (Lipinski definition) is 3. The zero-order chi connectivity index (χ0) is 17.8. The van der Waals surface area contributed by atoms with Gasteiger partial charge in [-0.1, -0.05) is 13.8 Å². The largest absolute Gasteiger partial charge is 0.357 e. The third-order valence-electron chi connectivity index (χ3n) is 5.07. The molecule has 140 valence electrons. The maximum Gasteiger partial charge on any atom is 0.191 e. The summed E-state index contributed by atoms with van der Waals surface area (Å²) in [4.78, 5) is 11.9.